The van der Waals surface area contributed by atoms with Crippen LogP contribution in [0.5, 0.6) is 0 Å². The number of aliphatic hydroxyl groups is 1. The molecule has 124 valence electrons. The molecule has 0 aliphatic rings. The number of aliphatic hydroxyl groups excluding tert-OH is 1. The Morgan fingerprint density at radius 1 is 1.39 bits per heavy atom. The number of carbonyl (C=O) groups excluding carboxylic acids is 1. The van der Waals surface area contributed by atoms with E-state index in [0.29, 0.717) is 18.7 Å². The Morgan fingerprint density at radius 2 is 2.22 bits per heavy atom. The number of thioether (sulfide) groups is 1. The number of hydrogen-bond donors (Lipinski definition) is 1. The topological polar surface area (TPSA) is 66.6 Å². The second-order valence-corrected chi connectivity index (χ2v) is 6.06. The molecule has 2 aromatic heterocycles. The Hall–Kier alpha value is -1.79. The van der Waals surface area contributed by atoms with Crippen LogP contribution in [0.15, 0.2) is 40.9 Å². The summed E-state index contributed by atoms with van der Waals surface area (Å²) in [4.78, 5) is 18.7. The monoisotopic (exact) mass is 334 g/mol. The highest BCUT2D eigenvalue weighted by molar-refractivity contribution is 7.97. The number of pyridine rings is 1. The summed E-state index contributed by atoms with van der Waals surface area (Å²) in [5.41, 5.74) is 0.781. The molecule has 1 amide bonds. The third-order valence-corrected chi connectivity index (χ3v) is 4.17. The van der Waals surface area contributed by atoms with Crippen molar-refractivity contribution in [2.45, 2.75) is 31.7 Å². The van der Waals surface area contributed by atoms with Crippen LogP contribution in [0.1, 0.15) is 35.4 Å². The Balaban J connectivity index is 2.22. The standard InChI is InChI=1S/C17H22N2O3S/c1-3-14(11-20)19(10-13-6-4-5-9-18-13)17(21)16-8-7-15(22-16)12-23-2/h4-9,14,20H,3,10-12H2,1-2H3/t14-/m0/s1. The molecular formula is C17H22N2O3S. The van der Waals surface area contributed by atoms with Crippen LogP contribution in [0.25, 0.3) is 0 Å². The van der Waals surface area contributed by atoms with Crippen LogP contribution in [0.3, 0.4) is 0 Å². The highest BCUT2D eigenvalue weighted by Gasteiger charge is 2.26. The Bertz CT molecular complexity index is 611. The van der Waals surface area contributed by atoms with Crippen molar-refractivity contribution in [3.63, 3.8) is 0 Å². The average Bonchev–Trinajstić information content (AvgIpc) is 3.04. The first-order valence-corrected chi connectivity index (χ1v) is 8.98. The lowest BCUT2D eigenvalue weighted by atomic mass is 10.1. The third kappa shape index (κ3) is 4.59. The summed E-state index contributed by atoms with van der Waals surface area (Å²) in [5, 5.41) is 9.61. The fourth-order valence-electron chi connectivity index (χ4n) is 2.34. The number of rotatable bonds is 8. The van der Waals surface area contributed by atoms with E-state index in [-0.39, 0.29) is 18.6 Å². The zero-order valence-corrected chi connectivity index (χ0v) is 14.3. The largest absolute Gasteiger partial charge is 0.455 e. The Labute approximate surface area is 140 Å². The summed E-state index contributed by atoms with van der Waals surface area (Å²) in [6.45, 7) is 2.20. The van der Waals surface area contributed by atoms with Gasteiger partial charge in [-0.05, 0) is 36.9 Å². The highest BCUT2D eigenvalue weighted by Crippen LogP contribution is 2.18. The highest BCUT2D eigenvalue weighted by atomic mass is 32.2. The van der Waals surface area contributed by atoms with E-state index in [1.807, 2.05) is 37.4 Å². The maximum Gasteiger partial charge on any atom is 0.290 e. The van der Waals surface area contributed by atoms with E-state index in [2.05, 4.69) is 4.98 Å². The van der Waals surface area contributed by atoms with Gasteiger partial charge in [0.1, 0.15) is 5.76 Å². The van der Waals surface area contributed by atoms with Crippen LogP contribution in [0.4, 0.5) is 0 Å². The number of amides is 1. The molecule has 1 atom stereocenters. The molecule has 2 aromatic rings. The predicted molar refractivity (Wildman–Crippen MR) is 91.2 cm³/mol. The van der Waals surface area contributed by atoms with Gasteiger partial charge in [-0.15, -0.1) is 0 Å². The van der Waals surface area contributed by atoms with Crippen molar-refractivity contribution in [3.8, 4) is 0 Å². The molecule has 6 heteroatoms. The summed E-state index contributed by atoms with van der Waals surface area (Å²) < 4.78 is 5.63. The van der Waals surface area contributed by atoms with Crippen molar-refractivity contribution in [1.82, 2.24) is 9.88 Å². The first-order chi connectivity index (χ1) is 11.2. The molecule has 0 aromatic carbocycles. The van der Waals surface area contributed by atoms with Crippen LogP contribution in [0.2, 0.25) is 0 Å². The van der Waals surface area contributed by atoms with Gasteiger partial charge in [0, 0.05) is 6.20 Å². The van der Waals surface area contributed by atoms with E-state index in [0.717, 1.165) is 17.2 Å². The van der Waals surface area contributed by atoms with Gasteiger partial charge in [-0.2, -0.15) is 11.8 Å². The van der Waals surface area contributed by atoms with E-state index < -0.39 is 0 Å². The SMILES string of the molecule is CC[C@@H](CO)N(Cc1ccccn1)C(=O)c1ccc(CSC)o1. The summed E-state index contributed by atoms with van der Waals surface area (Å²) >= 11 is 1.64. The van der Waals surface area contributed by atoms with Crippen molar-refractivity contribution in [1.29, 1.82) is 0 Å². The smallest absolute Gasteiger partial charge is 0.290 e. The van der Waals surface area contributed by atoms with Crippen LogP contribution >= 0.6 is 11.8 Å². The number of hydrogen-bond acceptors (Lipinski definition) is 5. The summed E-state index contributed by atoms with van der Waals surface area (Å²) in [6.07, 6.45) is 4.34. The molecule has 0 radical (unpaired) electrons. The Kier molecular flexibility index (Phi) is 6.67. The van der Waals surface area contributed by atoms with Crippen molar-refractivity contribution >= 4 is 17.7 Å². The van der Waals surface area contributed by atoms with Crippen LogP contribution < -0.4 is 0 Å². The van der Waals surface area contributed by atoms with Crippen LogP contribution in [-0.4, -0.2) is 39.8 Å². The van der Waals surface area contributed by atoms with Gasteiger partial charge in [0.15, 0.2) is 5.76 Å². The second kappa shape index (κ2) is 8.74. The molecule has 2 heterocycles. The molecule has 0 spiro atoms. The van der Waals surface area contributed by atoms with Gasteiger partial charge >= 0.3 is 0 Å². The molecule has 0 aliphatic carbocycles. The van der Waals surface area contributed by atoms with E-state index in [1.165, 1.54) is 0 Å². The van der Waals surface area contributed by atoms with Crippen molar-refractivity contribution in [2.75, 3.05) is 12.9 Å². The maximum atomic E-state index is 12.8. The maximum absolute atomic E-state index is 12.8. The number of carbonyl (C=O) groups is 1. The molecule has 5 nitrogen and oxygen atoms in total. The van der Waals surface area contributed by atoms with Crippen molar-refractivity contribution in [2.24, 2.45) is 0 Å². The van der Waals surface area contributed by atoms with Gasteiger partial charge in [0.2, 0.25) is 0 Å². The molecule has 0 saturated heterocycles. The number of nitrogens with zero attached hydrogens (tertiary/aromatic N) is 2. The molecule has 0 fully saturated rings. The minimum absolute atomic E-state index is 0.0898. The molecule has 0 aliphatic heterocycles. The zero-order chi connectivity index (χ0) is 16.7. The first kappa shape index (κ1) is 17.6. The Morgan fingerprint density at radius 3 is 2.83 bits per heavy atom. The molecule has 23 heavy (non-hydrogen) atoms. The normalized spacial score (nSPS) is 12.1. The predicted octanol–water partition coefficient (Wildman–Crippen LogP) is 2.95. The quantitative estimate of drug-likeness (QED) is 0.804. The van der Waals surface area contributed by atoms with Crippen LogP contribution in [0, 0.1) is 0 Å². The molecule has 1 N–H and O–H groups in total. The van der Waals surface area contributed by atoms with Crippen molar-refractivity contribution in [3.05, 3.63) is 53.7 Å². The first-order valence-electron chi connectivity index (χ1n) is 7.59. The van der Waals surface area contributed by atoms with Gasteiger partial charge in [-0.3, -0.25) is 9.78 Å². The van der Waals surface area contributed by atoms with E-state index in [1.54, 1.807) is 28.9 Å². The van der Waals surface area contributed by atoms with Gasteiger partial charge in [-0.1, -0.05) is 13.0 Å². The van der Waals surface area contributed by atoms with Gasteiger partial charge in [0.25, 0.3) is 5.91 Å². The minimum Gasteiger partial charge on any atom is -0.455 e. The minimum atomic E-state index is -0.265. The van der Waals surface area contributed by atoms with Gasteiger partial charge < -0.3 is 14.4 Å². The van der Waals surface area contributed by atoms with E-state index in [9.17, 15) is 9.90 Å². The molecule has 2 rings (SSSR count). The van der Waals surface area contributed by atoms with Gasteiger partial charge in [0.05, 0.1) is 30.6 Å². The van der Waals surface area contributed by atoms with Gasteiger partial charge in [-0.25, -0.2) is 0 Å². The number of furan rings is 1. The van der Waals surface area contributed by atoms with E-state index >= 15 is 0 Å². The molecule has 0 saturated carbocycles. The second-order valence-electron chi connectivity index (χ2n) is 5.20. The summed E-state index contributed by atoms with van der Waals surface area (Å²) in [7, 11) is 0. The molecule has 0 unspecified atom stereocenters. The summed E-state index contributed by atoms with van der Waals surface area (Å²) in [5.74, 6) is 1.58. The molecule has 0 bridgehead atoms. The fourth-order valence-corrected chi connectivity index (χ4v) is 2.77. The fraction of sp³-hybridized carbons (Fsp3) is 0.412. The van der Waals surface area contributed by atoms with Crippen LogP contribution in [-0.2, 0) is 12.3 Å². The summed E-state index contributed by atoms with van der Waals surface area (Å²) in [6, 6.07) is 8.84. The molecular weight excluding hydrogens is 312 g/mol. The van der Waals surface area contributed by atoms with E-state index in [4.69, 9.17) is 4.42 Å². The van der Waals surface area contributed by atoms with Crippen molar-refractivity contribution < 1.29 is 14.3 Å². The lowest BCUT2D eigenvalue weighted by molar-refractivity contribution is 0.0528. The average molecular weight is 334 g/mol. The number of aromatic nitrogens is 1. The lowest BCUT2D eigenvalue weighted by Crippen LogP contribution is -2.41. The lowest BCUT2D eigenvalue weighted by Gasteiger charge is -2.29. The third-order valence-electron chi connectivity index (χ3n) is 3.60. The zero-order valence-electron chi connectivity index (χ0n) is 13.4.